The number of nitrogens with one attached hydrogen (secondary N) is 2. The SMILES string of the molecule is CCNC(=NCc1cccc(COCC(F)(F)F)c1)NCc1ccc(OC)cc1. The molecule has 2 N–H and O–H groups in total. The molecule has 29 heavy (non-hydrogen) atoms. The molecule has 0 spiro atoms. The molecular formula is C21H26F3N3O2. The lowest BCUT2D eigenvalue weighted by Crippen LogP contribution is -2.36. The van der Waals surface area contributed by atoms with Crippen molar-refractivity contribution in [3.8, 4) is 5.75 Å². The summed E-state index contributed by atoms with van der Waals surface area (Å²) < 4.78 is 46.4. The van der Waals surface area contributed by atoms with Gasteiger partial charge in [0.2, 0.25) is 0 Å². The van der Waals surface area contributed by atoms with Gasteiger partial charge in [-0.3, -0.25) is 0 Å². The van der Waals surface area contributed by atoms with Crippen LogP contribution in [0, 0.1) is 0 Å². The van der Waals surface area contributed by atoms with E-state index in [1.165, 1.54) is 0 Å². The molecule has 0 heterocycles. The lowest BCUT2D eigenvalue weighted by molar-refractivity contribution is -0.176. The Kier molecular flexibility index (Phi) is 8.79. The van der Waals surface area contributed by atoms with E-state index >= 15 is 0 Å². The van der Waals surface area contributed by atoms with E-state index in [4.69, 9.17) is 9.47 Å². The molecule has 0 fully saturated rings. The number of benzene rings is 2. The maximum Gasteiger partial charge on any atom is 0.411 e. The van der Waals surface area contributed by atoms with Crippen LogP contribution in [0.4, 0.5) is 13.2 Å². The van der Waals surface area contributed by atoms with Crippen LogP contribution in [0.3, 0.4) is 0 Å². The molecule has 2 rings (SSSR count). The summed E-state index contributed by atoms with van der Waals surface area (Å²) in [6.07, 6.45) is -4.32. The van der Waals surface area contributed by atoms with E-state index in [0.717, 1.165) is 16.9 Å². The number of aliphatic imine (C=N–C) groups is 1. The summed E-state index contributed by atoms with van der Waals surface area (Å²) in [6, 6.07) is 14.9. The minimum Gasteiger partial charge on any atom is -0.497 e. The largest absolute Gasteiger partial charge is 0.497 e. The van der Waals surface area contributed by atoms with Crippen LogP contribution in [0.1, 0.15) is 23.6 Å². The van der Waals surface area contributed by atoms with Crippen LogP contribution < -0.4 is 15.4 Å². The van der Waals surface area contributed by atoms with E-state index < -0.39 is 12.8 Å². The Bertz CT molecular complexity index is 777. The molecule has 0 aliphatic rings. The van der Waals surface area contributed by atoms with Gasteiger partial charge in [0.15, 0.2) is 5.96 Å². The average Bonchev–Trinajstić information content (AvgIpc) is 2.70. The third-order valence-electron chi connectivity index (χ3n) is 3.91. The molecule has 158 valence electrons. The number of hydrogen-bond acceptors (Lipinski definition) is 3. The molecular weight excluding hydrogens is 383 g/mol. The van der Waals surface area contributed by atoms with Gasteiger partial charge >= 0.3 is 6.18 Å². The number of rotatable bonds is 9. The molecule has 0 atom stereocenters. The highest BCUT2D eigenvalue weighted by Gasteiger charge is 2.27. The Morgan fingerprint density at radius 1 is 1.00 bits per heavy atom. The van der Waals surface area contributed by atoms with Gasteiger partial charge in [-0.1, -0.05) is 36.4 Å². The van der Waals surface area contributed by atoms with Crippen LogP contribution in [-0.2, 0) is 24.4 Å². The number of alkyl halides is 3. The Labute approximate surface area is 168 Å². The minimum atomic E-state index is -4.32. The molecule has 0 saturated heterocycles. The smallest absolute Gasteiger partial charge is 0.411 e. The Morgan fingerprint density at radius 2 is 1.72 bits per heavy atom. The van der Waals surface area contributed by atoms with Crippen molar-refractivity contribution in [3.05, 3.63) is 65.2 Å². The maximum absolute atomic E-state index is 12.2. The zero-order valence-electron chi connectivity index (χ0n) is 16.6. The number of hydrogen-bond donors (Lipinski definition) is 2. The first-order valence-corrected chi connectivity index (χ1v) is 9.27. The number of ether oxygens (including phenoxy) is 2. The highest BCUT2D eigenvalue weighted by molar-refractivity contribution is 5.79. The highest BCUT2D eigenvalue weighted by atomic mass is 19.4. The lowest BCUT2D eigenvalue weighted by atomic mass is 10.1. The van der Waals surface area contributed by atoms with Crippen molar-refractivity contribution in [2.75, 3.05) is 20.3 Å². The van der Waals surface area contributed by atoms with Gasteiger partial charge in [-0.05, 0) is 35.7 Å². The summed E-state index contributed by atoms with van der Waals surface area (Å²) in [5, 5.41) is 6.43. The third-order valence-corrected chi connectivity index (χ3v) is 3.91. The second kappa shape index (κ2) is 11.3. The van der Waals surface area contributed by atoms with Crippen molar-refractivity contribution in [1.82, 2.24) is 10.6 Å². The zero-order valence-corrected chi connectivity index (χ0v) is 16.6. The van der Waals surface area contributed by atoms with Crippen LogP contribution in [0.2, 0.25) is 0 Å². The van der Waals surface area contributed by atoms with Crippen molar-refractivity contribution >= 4 is 5.96 Å². The van der Waals surface area contributed by atoms with Gasteiger partial charge in [-0.2, -0.15) is 13.2 Å². The van der Waals surface area contributed by atoms with Crippen LogP contribution in [-0.4, -0.2) is 32.4 Å². The Morgan fingerprint density at radius 3 is 2.38 bits per heavy atom. The summed E-state index contributed by atoms with van der Waals surface area (Å²) >= 11 is 0. The van der Waals surface area contributed by atoms with Crippen LogP contribution in [0.25, 0.3) is 0 Å². The molecule has 2 aromatic rings. The van der Waals surface area contributed by atoms with Crippen molar-refractivity contribution < 1.29 is 22.6 Å². The number of nitrogens with zero attached hydrogens (tertiary/aromatic N) is 1. The van der Waals surface area contributed by atoms with Crippen LogP contribution in [0.5, 0.6) is 5.75 Å². The standard InChI is InChI=1S/C21H26F3N3O2/c1-3-25-20(26-12-16-7-9-19(28-2)10-8-16)27-13-17-5-4-6-18(11-17)14-29-15-21(22,23)24/h4-11H,3,12-15H2,1-2H3,(H2,25,26,27). The number of methoxy groups -OCH3 is 1. The zero-order chi connectivity index (χ0) is 21.1. The normalized spacial score (nSPS) is 12.0. The van der Waals surface area contributed by atoms with Gasteiger partial charge in [-0.25, -0.2) is 4.99 Å². The second-order valence-corrected chi connectivity index (χ2v) is 6.32. The Balaban J connectivity index is 1.92. The third kappa shape index (κ3) is 8.87. The summed E-state index contributed by atoms with van der Waals surface area (Å²) in [6.45, 7) is 2.33. The first-order valence-electron chi connectivity index (χ1n) is 9.27. The molecule has 0 aliphatic heterocycles. The highest BCUT2D eigenvalue weighted by Crippen LogP contribution is 2.16. The average molecular weight is 409 g/mol. The molecule has 8 heteroatoms. The summed E-state index contributed by atoms with van der Waals surface area (Å²) in [7, 11) is 1.63. The van der Waals surface area contributed by atoms with Gasteiger partial charge in [0, 0.05) is 13.1 Å². The summed E-state index contributed by atoms with van der Waals surface area (Å²) in [5.41, 5.74) is 2.65. The fourth-order valence-corrected chi connectivity index (χ4v) is 2.54. The summed E-state index contributed by atoms with van der Waals surface area (Å²) in [5.74, 6) is 1.45. The van der Waals surface area contributed by atoms with Crippen molar-refractivity contribution in [3.63, 3.8) is 0 Å². The molecule has 0 unspecified atom stereocenters. The topological polar surface area (TPSA) is 54.9 Å². The minimum absolute atomic E-state index is 0.0904. The molecule has 5 nitrogen and oxygen atoms in total. The van der Waals surface area contributed by atoms with E-state index in [1.807, 2.05) is 37.3 Å². The van der Waals surface area contributed by atoms with Crippen molar-refractivity contribution in [2.24, 2.45) is 4.99 Å². The maximum atomic E-state index is 12.2. The van der Waals surface area contributed by atoms with Gasteiger partial charge < -0.3 is 20.1 Å². The van der Waals surface area contributed by atoms with Crippen molar-refractivity contribution in [1.29, 1.82) is 0 Å². The molecule has 0 amide bonds. The molecule has 0 saturated carbocycles. The van der Waals surface area contributed by atoms with Crippen LogP contribution >= 0.6 is 0 Å². The van der Waals surface area contributed by atoms with E-state index in [1.54, 1.807) is 25.3 Å². The number of guanidine groups is 1. The summed E-state index contributed by atoms with van der Waals surface area (Å²) in [4.78, 5) is 4.54. The lowest BCUT2D eigenvalue weighted by Gasteiger charge is -2.12. The number of halogens is 3. The fraction of sp³-hybridized carbons (Fsp3) is 0.381. The molecule has 2 aromatic carbocycles. The van der Waals surface area contributed by atoms with E-state index in [-0.39, 0.29) is 6.61 Å². The van der Waals surface area contributed by atoms with Gasteiger partial charge in [-0.15, -0.1) is 0 Å². The van der Waals surface area contributed by atoms with E-state index in [9.17, 15) is 13.2 Å². The predicted molar refractivity (Wildman–Crippen MR) is 107 cm³/mol. The quantitative estimate of drug-likeness (QED) is 0.485. The first kappa shape index (κ1) is 22.5. The van der Waals surface area contributed by atoms with E-state index in [2.05, 4.69) is 15.6 Å². The van der Waals surface area contributed by atoms with Gasteiger partial charge in [0.25, 0.3) is 0 Å². The molecule has 0 aromatic heterocycles. The first-order chi connectivity index (χ1) is 13.9. The van der Waals surface area contributed by atoms with Gasteiger partial charge in [0.1, 0.15) is 12.4 Å². The molecule has 0 bridgehead atoms. The van der Waals surface area contributed by atoms with Crippen molar-refractivity contribution in [2.45, 2.75) is 32.8 Å². The van der Waals surface area contributed by atoms with E-state index in [0.29, 0.717) is 31.2 Å². The monoisotopic (exact) mass is 409 g/mol. The predicted octanol–water partition coefficient (Wildman–Crippen LogP) is 4.03. The second-order valence-electron chi connectivity index (χ2n) is 6.32. The molecule has 0 radical (unpaired) electrons. The molecule has 0 aliphatic carbocycles. The Hall–Kier alpha value is -2.74. The van der Waals surface area contributed by atoms with Gasteiger partial charge in [0.05, 0.1) is 20.3 Å². The fourth-order valence-electron chi connectivity index (χ4n) is 2.54. The van der Waals surface area contributed by atoms with Crippen LogP contribution in [0.15, 0.2) is 53.5 Å².